The van der Waals surface area contributed by atoms with Crippen LogP contribution in [0, 0.1) is 6.92 Å². The van der Waals surface area contributed by atoms with Crippen molar-refractivity contribution in [3.63, 3.8) is 0 Å². The third kappa shape index (κ3) is 3.28. The molecule has 0 bridgehead atoms. The van der Waals surface area contributed by atoms with Gasteiger partial charge in [0.2, 0.25) is 5.82 Å². The first-order valence-electron chi connectivity index (χ1n) is 6.34. The third-order valence-corrected chi connectivity index (χ3v) is 3.46. The lowest BCUT2D eigenvalue weighted by Gasteiger charge is -2.06. The van der Waals surface area contributed by atoms with Crippen LogP contribution in [0.2, 0.25) is 0 Å². The smallest absolute Gasteiger partial charge is 0.264 e. The lowest BCUT2D eigenvalue weighted by Crippen LogP contribution is -1.96. The number of ether oxygens (including phenoxy) is 1. The molecule has 5 nitrogen and oxygen atoms in total. The van der Waals surface area contributed by atoms with Gasteiger partial charge in [-0.15, -0.1) is 0 Å². The average molecular weight is 346 g/mol. The second-order valence-electron chi connectivity index (χ2n) is 4.47. The molecule has 0 fully saturated rings. The minimum atomic E-state index is 0.222. The van der Waals surface area contributed by atoms with Gasteiger partial charge in [-0.3, -0.25) is 4.98 Å². The lowest BCUT2D eigenvalue weighted by atomic mass is 10.2. The highest BCUT2D eigenvalue weighted by molar-refractivity contribution is 9.10. The van der Waals surface area contributed by atoms with Gasteiger partial charge in [-0.05, 0) is 52.7 Å². The van der Waals surface area contributed by atoms with Crippen molar-refractivity contribution in [2.45, 2.75) is 13.5 Å². The van der Waals surface area contributed by atoms with Crippen LogP contribution in [0.1, 0.15) is 11.5 Å². The van der Waals surface area contributed by atoms with E-state index in [0.29, 0.717) is 11.7 Å². The molecular formula is C15H12BrN3O2. The van der Waals surface area contributed by atoms with Crippen molar-refractivity contribution in [3.8, 4) is 17.1 Å². The first-order chi connectivity index (χ1) is 10.2. The number of aromatic nitrogens is 3. The van der Waals surface area contributed by atoms with Crippen molar-refractivity contribution in [3.05, 3.63) is 58.7 Å². The van der Waals surface area contributed by atoms with Gasteiger partial charge in [-0.25, -0.2) is 0 Å². The van der Waals surface area contributed by atoms with Crippen molar-refractivity contribution in [2.24, 2.45) is 0 Å². The number of rotatable bonds is 4. The van der Waals surface area contributed by atoms with Crippen LogP contribution in [0.4, 0.5) is 0 Å². The highest BCUT2D eigenvalue weighted by Crippen LogP contribution is 2.26. The zero-order valence-corrected chi connectivity index (χ0v) is 12.9. The number of hydrogen-bond donors (Lipinski definition) is 0. The molecule has 0 amide bonds. The van der Waals surface area contributed by atoms with Gasteiger partial charge in [0.1, 0.15) is 5.75 Å². The topological polar surface area (TPSA) is 61.0 Å². The number of aryl methyl sites for hydroxylation is 1. The summed E-state index contributed by atoms with van der Waals surface area (Å²) in [6, 6.07) is 9.53. The maximum absolute atomic E-state index is 5.67. The molecule has 0 aliphatic rings. The Morgan fingerprint density at radius 1 is 1.19 bits per heavy atom. The number of hydrogen-bond acceptors (Lipinski definition) is 5. The molecule has 0 atom stereocenters. The summed E-state index contributed by atoms with van der Waals surface area (Å²) in [4.78, 5) is 8.25. The molecule has 0 unspecified atom stereocenters. The molecule has 0 aliphatic carbocycles. The fourth-order valence-corrected chi connectivity index (χ4v) is 2.40. The van der Waals surface area contributed by atoms with Gasteiger partial charge in [0, 0.05) is 18.0 Å². The van der Waals surface area contributed by atoms with Gasteiger partial charge >= 0.3 is 0 Å². The number of halogens is 1. The average Bonchev–Trinajstić information content (AvgIpc) is 2.96. The summed E-state index contributed by atoms with van der Waals surface area (Å²) in [5.41, 5.74) is 2.02. The molecule has 1 aromatic carbocycles. The Bertz CT molecular complexity index is 744. The van der Waals surface area contributed by atoms with E-state index >= 15 is 0 Å². The van der Waals surface area contributed by atoms with E-state index in [1.807, 2.05) is 37.3 Å². The summed E-state index contributed by atoms with van der Waals surface area (Å²) >= 11 is 3.46. The van der Waals surface area contributed by atoms with Crippen LogP contribution >= 0.6 is 15.9 Å². The van der Waals surface area contributed by atoms with E-state index in [1.165, 1.54) is 0 Å². The van der Waals surface area contributed by atoms with Crippen LogP contribution in [0.15, 0.2) is 51.7 Å². The van der Waals surface area contributed by atoms with E-state index in [9.17, 15) is 0 Å². The zero-order chi connectivity index (χ0) is 14.7. The standard InChI is InChI=1S/C15H12BrN3O2/c1-10-2-3-13(12(16)8-10)20-9-14-18-15(19-21-14)11-4-6-17-7-5-11/h2-8H,9H2,1H3. The number of pyridine rings is 1. The first kappa shape index (κ1) is 13.8. The minimum absolute atomic E-state index is 0.222. The van der Waals surface area contributed by atoms with E-state index in [1.54, 1.807) is 12.4 Å². The number of benzene rings is 1. The van der Waals surface area contributed by atoms with E-state index in [0.717, 1.165) is 21.3 Å². The maximum Gasteiger partial charge on any atom is 0.264 e. The molecule has 6 heteroatoms. The van der Waals surface area contributed by atoms with Crippen LogP contribution in [-0.2, 0) is 6.61 Å². The van der Waals surface area contributed by atoms with Crippen molar-refractivity contribution in [1.82, 2.24) is 15.1 Å². The van der Waals surface area contributed by atoms with E-state index in [-0.39, 0.29) is 6.61 Å². The summed E-state index contributed by atoms with van der Waals surface area (Å²) in [6.07, 6.45) is 3.37. The van der Waals surface area contributed by atoms with Crippen LogP contribution in [0.5, 0.6) is 5.75 Å². The molecule has 0 saturated heterocycles. The Hall–Kier alpha value is -2.21. The lowest BCUT2D eigenvalue weighted by molar-refractivity contribution is 0.242. The summed E-state index contributed by atoms with van der Waals surface area (Å²) < 4.78 is 11.8. The van der Waals surface area contributed by atoms with Gasteiger partial charge < -0.3 is 9.26 Å². The second-order valence-corrected chi connectivity index (χ2v) is 5.32. The molecular weight excluding hydrogens is 334 g/mol. The Kier molecular flexibility index (Phi) is 3.96. The SMILES string of the molecule is Cc1ccc(OCc2nc(-c3ccncc3)no2)c(Br)c1. The maximum atomic E-state index is 5.67. The third-order valence-electron chi connectivity index (χ3n) is 2.85. The van der Waals surface area contributed by atoms with Crippen LogP contribution in [0.25, 0.3) is 11.4 Å². The summed E-state index contributed by atoms with van der Waals surface area (Å²) in [5, 5.41) is 3.93. The molecule has 0 aliphatic heterocycles. The van der Waals surface area contributed by atoms with Gasteiger partial charge in [0.05, 0.1) is 4.47 Å². The first-order valence-corrected chi connectivity index (χ1v) is 7.13. The molecule has 0 saturated carbocycles. The molecule has 3 rings (SSSR count). The molecule has 3 aromatic rings. The molecule has 0 radical (unpaired) electrons. The normalized spacial score (nSPS) is 10.6. The van der Waals surface area contributed by atoms with E-state index in [2.05, 4.69) is 31.1 Å². The minimum Gasteiger partial charge on any atom is -0.483 e. The summed E-state index contributed by atoms with van der Waals surface area (Å²) in [7, 11) is 0. The fraction of sp³-hybridized carbons (Fsp3) is 0.133. The highest BCUT2D eigenvalue weighted by atomic mass is 79.9. The summed E-state index contributed by atoms with van der Waals surface area (Å²) in [6.45, 7) is 2.24. The monoisotopic (exact) mass is 345 g/mol. The van der Waals surface area contributed by atoms with Gasteiger partial charge in [-0.2, -0.15) is 4.98 Å². The second kappa shape index (κ2) is 6.05. The Morgan fingerprint density at radius 2 is 2.00 bits per heavy atom. The van der Waals surface area contributed by atoms with Crippen molar-refractivity contribution < 1.29 is 9.26 Å². The Labute approximate surface area is 130 Å². The Balaban J connectivity index is 1.70. The molecule has 2 aromatic heterocycles. The molecule has 2 heterocycles. The zero-order valence-electron chi connectivity index (χ0n) is 11.3. The largest absolute Gasteiger partial charge is 0.483 e. The quantitative estimate of drug-likeness (QED) is 0.719. The predicted molar refractivity (Wildman–Crippen MR) is 80.7 cm³/mol. The fourth-order valence-electron chi connectivity index (χ4n) is 1.79. The van der Waals surface area contributed by atoms with Crippen LogP contribution in [-0.4, -0.2) is 15.1 Å². The van der Waals surface area contributed by atoms with Crippen LogP contribution < -0.4 is 4.74 Å². The summed E-state index contributed by atoms with van der Waals surface area (Å²) in [5.74, 6) is 1.69. The van der Waals surface area contributed by atoms with Crippen molar-refractivity contribution >= 4 is 15.9 Å². The molecule has 0 spiro atoms. The predicted octanol–water partition coefficient (Wildman–Crippen LogP) is 3.78. The molecule has 106 valence electrons. The van der Waals surface area contributed by atoms with Crippen molar-refractivity contribution in [2.75, 3.05) is 0 Å². The van der Waals surface area contributed by atoms with E-state index < -0.39 is 0 Å². The number of nitrogens with zero attached hydrogens (tertiary/aromatic N) is 3. The van der Waals surface area contributed by atoms with Gasteiger partial charge in [0.15, 0.2) is 6.61 Å². The highest BCUT2D eigenvalue weighted by Gasteiger charge is 2.10. The Morgan fingerprint density at radius 3 is 2.76 bits per heavy atom. The van der Waals surface area contributed by atoms with Gasteiger partial charge in [0.25, 0.3) is 5.89 Å². The molecule has 21 heavy (non-hydrogen) atoms. The van der Waals surface area contributed by atoms with Gasteiger partial charge in [-0.1, -0.05) is 11.2 Å². The molecule has 0 N–H and O–H groups in total. The van der Waals surface area contributed by atoms with Crippen LogP contribution in [0.3, 0.4) is 0 Å². The van der Waals surface area contributed by atoms with Crippen molar-refractivity contribution in [1.29, 1.82) is 0 Å². The van der Waals surface area contributed by atoms with E-state index in [4.69, 9.17) is 9.26 Å².